The zero-order valence-electron chi connectivity index (χ0n) is 14.7. The fourth-order valence-corrected chi connectivity index (χ4v) is 3.89. The monoisotopic (exact) mass is 418 g/mol. The lowest BCUT2D eigenvalue weighted by atomic mass is 10.1. The maximum Gasteiger partial charge on any atom is 0.261 e. The number of amides is 1. The zero-order chi connectivity index (χ0) is 20.3. The molecule has 28 heavy (non-hydrogen) atoms. The molecule has 0 spiro atoms. The highest BCUT2D eigenvalue weighted by atomic mass is 35.5. The predicted molar refractivity (Wildman–Crippen MR) is 108 cm³/mol. The van der Waals surface area contributed by atoms with Crippen LogP contribution in [0.5, 0.6) is 0 Å². The average molecular weight is 419 g/mol. The molecule has 3 aromatic rings. The first kappa shape index (κ1) is 19.9. The van der Waals surface area contributed by atoms with Crippen molar-refractivity contribution in [1.29, 1.82) is 0 Å². The number of hydrogen-bond donors (Lipinski definition) is 2. The standard InChI is InChI=1S/C20H16ClFN2O3S/c1-13-16(20(25)23-14-10-11-18(22)17(21)12-14)8-5-9-19(13)24-28(26,27)15-6-3-2-4-7-15/h2-12,24H,1H3,(H,23,25). The number of halogens is 2. The number of rotatable bonds is 5. The fourth-order valence-electron chi connectivity index (χ4n) is 2.57. The smallest absolute Gasteiger partial charge is 0.261 e. The molecule has 0 radical (unpaired) electrons. The lowest BCUT2D eigenvalue weighted by Crippen LogP contribution is -2.17. The van der Waals surface area contributed by atoms with E-state index in [2.05, 4.69) is 10.0 Å². The summed E-state index contributed by atoms with van der Waals surface area (Å²) in [5.41, 5.74) is 1.33. The molecule has 1 amide bonds. The van der Waals surface area contributed by atoms with Gasteiger partial charge in [-0.1, -0.05) is 35.9 Å². The van der Waals surface area contributed by atoms with Gasteiger partial charge < -0.3 is 5.32 Å². The highest BCUT2D eigenvalue weighted by Crippen LogP contribution is 2.24. The molecule has 0 aromatic heterocycles. The Labute approximate surface area is 167 Å². The number of carbonyl (C=O) groups excluding carboxylic acids is 1. The van der Waals surface area contributed by atoms with Crippen molar-refractivity contribution in [2.45, 2.75) is 11.8 Å². The van der Waals surface area contributed by atoms with Gasteiger partial charge in [-0.25, -0.2) is 12.8 Å². The summed E-state index contributed by atoms with van der Waals surface area (Å²) in [4.78, 5) is 12.7. The largest absolute Gasteiger partial charge is 0.322 e. The number of carbonyl (C=O) groups is 1. The summed E-state index contributed by atoms with van der Waals surface area (Å²) in [5.74, 6) is -1.06. The first-order chi connectivity index (χ1) is 13.3. The molecule has 0 aliphatic carbocycles. The lowest BCUT2D eigenvalue weighted by molar-refractivity contribution is 0.102. The molecule has 5 nitrogen and oxygen atoms in total. The van der Waals surface area contributed by atoms with E-state index in [0.717, 1.165) is 6.07 Å². The first-order valence-corrected chi connectivity index (χ1v) is 10.1. The Balaban J connectivity index is 1.86. The summed E-state index contributed by atoms with van der Waals surface area (Å²) >= 11 is 5.73. The van der Waals surface area contributed by atoms with Crippen molar-refractivity contribution >= 4 is 38.9 Å². The van der Waals surface area contributed by atoms with Crippen LogP contribution in [0.25, 0.3) is 0 Å². The average Bonchev–Trinajstić information content (AvgIpc) is 2.67. The quantitative estimate of drug-likeness (QED) is 0.622. The van der Waals surface area contributed by atoms with Crippen molar-refractivity contribution in [3.63, 3.8) is 0 Å². The molecule has 0 aliphatic heterocycles. The molecule has 3 aromatic carbocycles. The number of sulfonamides is 1. The van der Waals surface area contributed by atoms with E-state index >= 15 is 0 Å². The van der Waals surface area contributed by atoms with Crippen LogP contribution < -0.4 is 10.0 Å². The molecule has 0 bridgehead atoms. The molecule has 0 atom stereocenters. The van der Waals surface area contributed by atoms with Crippen molar-refractivity contribution < 1.29 is 17.6 Å². The highest BCUT2D eigenvalue weighted by Gasteiger charge is 2.18. The molecule has 0 fully saturated rings. The van der Waals surface area contributed by atoms with Gasteiger partial charge in [0.1, 0.15) is 5.82 Å². The topological polar surface area (TPSA) is 75.3 Å². The van der Waals surface area contributed by atoms with Crippen LogP contribution in [0.4, 0.5) is 15.8 Å². The third-order valence-electron chi connectivity index (χ3n) is 4.05. The second kappa shape index (κ2) is 8.00. The van der Waals surface area contributed by atoms with Crippen LogP contribution in [0.3, 0.4) is 0 Å². The summed E-state index contributed by atoms with van der Waals surface area (Å²) in [6.07, 6.45) is 0. The molecule has 0 saturated heterocycles. The number of benzene rings is 3. The second-order valence-corrected chi connectivity index (χ2v) is 8.07. The van der Waals surface area contributed by atoms with E-state index in [-0.39, 0.29) is 21.2 Å². The van der Waals surface area contributed by atoms with Crippen molar-refractivity contribution in [3.05, 3.63) is 88.7 Å². The Morgan fingerprint density at radius 2 is 1.71 bits per heavy atom. The molecule has 8 heteroatoms. The van der Waals surface area contributed by atoms with Crippen LogP contribution in [0.15, 0.2) is 71.6 Å². The molecule has 0 aliphatic rings. The van der Waals surface area contributed by atoms with E-state index in [9.17, 15) is 17.6 Å². The SMILES string of the molecule is Cc1c(NS(=O)(=O)c2ccccc2)cccc1C(=O)Nc1ccc(F)c(Cl)c1. The number of hydrogen-bond acceptors (Lipinski definition) is 3. The Kier molecular flexibility index (Phi) is 5.67. The van der Waals surface area contributed by atoms with E-state index in [1.165, 1.54) is 24.3 Å². The van der Waals surface area contributed by atoms with Crippen molar-refractivity contribution in [3.8, 4) is 0 Å². The van der Waals surface area contributed by atoms with Gasteiger partial charge in [0, 0.05) is 11.3 Å². The van der Waals surface area contributed by atoms with Crippen molar-refractivity contribution in [2.24, 2.45) is 0 Å². The van der Waals surface area contributed by atoms with E-state index in [1.54, 1.807) is 43.3 Å². The maximum atomic E-state index is 13.3. The maximum absolute atomic E-state index is 13.3. The van der Waals surface area contributed by atoms with E-state index in [0.29, 0.717) is 11.3 Å². The third-order valence-corrected chi connectivity index (χ3v) is 5.72. The van der Waals surface area contributed by atoms with Crippen molar-refractivity contribution in [2.75, 3.05) is 10.0 Å². The van der Waals surface area contributed by atoms with Crippen LogP contribution in [0.2, 0.25) is 5.02 Å². The Morgan fingerprint density at radius 1 is 1.00 bits per heavy atom. The van der Waals surface area contributed by atoms with Gasteiger partial charge >= 0.3 is 0 Å². The Hall–Kier alpha value is -2.90. The van der Waals surface area contributed by atoms with E-state index < -0.39 is 21.7 Å². The number of nitrogens with one attached hydrogen (secondary N) is 2. The van der Waals surface area contributed by atoms with Gasteiger partial charge in [0.05, 0.1) is 15.6 Å². The molecule has 0 heterocycles. The van der Waals surface area contributed by atoms with Gasteiger partial charge in [0.25, 0.3) is 15.9 Å². The molecular weight excluding hydrogens is 403 g/mol. The summed E-state index contributed by atoms with van der Waals surface area (Å²) in [6.45, 7) is 1.63. The van der Waals surface area contributed by atoms with E-state index in [4.69, 9.17) is 11.6 Å². The first-order valence-electron chi connectivity index (χ1n) is 8.22. The van der Waals surface area contributed by atoms with Crippen LogP contribution in [-0.2, 0) is 10.0 Å². The second-order valence-electron chi connectivity index (χ2n) is 5.98. The van der Waals surface area contributed by atoms with Crippen LogP contribution >= 0.6 is 11.6 Å². The molecule has 2 N–H and O–H groups in total. The minimum Gasteiger partial charge on any atom is -0.322 e. The zero-order valence-corrected chi connectivity index (χ0v) is 16.3. The fraction of sp³-hybridized carbons (Fsp3) is 0.0500. The summed E-state index contributed by atoms with van der Waals surface area (Å²) < 4.78 is 40.8. The summed E-state index contributed by atoms with van der Waals surface area (Å²) in [6, 6.07) is 16.5. The normalized spacial score (nSPS) is 11.1. The van der Waals surface area contributed by atoms with Crippen LogP contribution in [0, 0.1) is 12.7 Å². The van der Waals surface area contributed by atoms with Gasteiger partial charge in [0.15, 0.2) is 0 Å². The summed E-state index contributed by atoms with van der Waals surface area (Å²) in [5, 5.41) is 2.51. The van der Waals surface area contributed by atoms with Gasteiger partial charge in [0.2, 0.25) is 0 Å². The minimum atomic E-state index is -3.79. The van der Waals surface area contributed by atoms with Crippen LogP contribution in [-0.4, -0.2) is 14.3 Å². The predicted octanol–water partition coefficient (Wildman–Crippen LogP) is 4.84. The van der Waals surface area contributed by atoms with Gasteiger partial charge in [-0.2, -0.15) is 0 Å². The van der Waals surface area contributed by atoms with Gasteiger partial charge in [-0.05, 0) is 55.0 Å². The lowest BCUT2D eigenvalue weighted by Gasteiger charge is -2.14. The van der Waals surface area contributed by atoms with Gasteiger partial charge in [-0.3, -0.25) is 9.52 Å². The van der Waals surface area contributed by atoms with Crippen molar-refractivity contribution in [1.82, 2.24) is 0 Å². The number of anilines is 2. The highest BCUT2D eigenvalue weighted by molar-refractivity contribution is 7.92. The van der Waals surface area contributed by atoms with Gasteiger partial charge in [-0.15, -0.1) is 0 Å². The van der Waals surface area contributed by atoms with E-state index in [1.807, 2.05) is 0 Å². The Morgan fingerprint density at radius 3 is 2.39 bits per heavy atom. The minimum absolute atomic E-state index is 0.112. The molecule has 3 rings (SSSR count). The molecule has 0 unspecified atom stereocenters. The Bertz CT molecular complexity index is 1140. The molecule has 144 valence electrons. The third kappa shape index (κ3) is 4.32. The molecule has 0 saturated carbocycles. The van der Waals surface area contributed by atoms with Crippen LogP contribution in [0.1, 0.15) is 15.9 Å². The summed E-state index contributed by atoms with van der Waals surface area (Å²) in [7, 11) is -3.79. The molecular formula is C20H16ClFN2O3S.